The minimum Gasteiger partial charge on any atom is -0.376 e. The van der Waals surface area contributed by atoms with Crippen LogP contribution in [0.5, 0.6) is 0 Å². The molecule has 2 heterocycles. The van der Waals surface area contributed by atoms with Crippen LogP contribution in [0.4, 0.5) is 0 Å². The number of hydrogen-bond acceptors (Lipinski definition) is 3. The van der Waals surface area contributed by atoms with E-state index in [9.17, 15) is 9.59 Å². The first-order valence-corrected chi connectivity index (χ1v) is 7.99. The average Bonchev–Trinajstić information content (AvgIpc) is 3.18. The quantitative estimate of drug-likeness (QED) is 0.901. The number of nitrogens with zero attached hydrogens (tertiary/aromatic N) is 1. The first-order chi connectivity index (χ1) is 10.7. The second-order valence-corrected chi connectivity index (χ2v) is 5.96. The van der Waals surface area contributed by atoms with Gasteiger partial charge in [-0.15, -0.1) is 0 Å². The van der Waals surface area contributed by atoms with Gasteiger partial charge in [-0.2, -0.15) is 0 Å². The van der Waals surface area contributed by atoms with Gasteiger partial charge in [0.2, 0.25) is 5.91 Å². The van der Waals surface area contributed by atoms with E-state index < -0.39 is 0 Å². The van der Waals surface area contributed by atoms with Gasteiger partial charge in [-0.1, -0.05) is 12.1 Å². The van der Waals surface area contributed by atoms with E-state index in [0.717, 1.165) is 38.0 Å². The maximum atomic E-state index is 12.1. The van der Waals surface area contributed by atoms with Crippen molar-refractivity contribution >= 4 is 11.8 Å². The molecule has 0 saturated carbocycles. The molecule has 5 heteroatoms. The molecule has 1 aromatic rings. The van der Waals surface area contributed by atoms with Crippen molar-refractivity contribution in [2.24, 2.45) is 0 Å². The maximum absolute atomic E-state index is 12.1. The zero-order chi connectivity index (χ0) is 15.4. The molecule has 118 valence electrons. The van der Waals surface area contributed by atoms with Crippen LogP contribution in [-0.4, -0.2) is 42.5 Å². The van der Waals surface area contributed by atoms with Crippen LogP contribution < -0.4 is 5.32 Å². The molecule has 2 aliphatic rings. The van der Waals surface area contributed by atoms with Crippen molar-refractivity contribution in [3.8, 4) is 0 Å². The Balaban J connectivity index is 1.51. The average molecular weight is 302 g/mol. The van der Waals surface area contributed by atoms with Gasteiger partial charge >= 0.3 is 0 Å². The molecule has 0 aromatic heterocycles. The second-order valence-electron chi connectivity index (χ2n) is 5.96. The van der Waals surface area contributed by atoms with Crippen molar-refractivity contribution in [1.82, 2.24) is 10.2 Å². The minimum absolute atomic E-state index is 0.0701. The second kappa shape index (κ2) is 6.92. The largest absolute Gasteiger partial charge is 0.376 e. The smallest absolute Gasteiger partial charge is 0.251 e. The third-order valence-electron chi connectivity index (χ3n) is 4.28. The highest BCUT2D eigenvalue weighted by Gasteiger charge is 2.20. The van der Waals surface area contributed by atoms with Crippen LogP contribution in [0.2, 0.25) is 0 Å². The molecule has 3 rings (SSSR count). The van der Waals surface area contributed by atoms with Crippen molar-refractivity contribution < 1.29 is 14.3 Å². The Morgan fingerprint density at radius 1 is 1.27 bits per heavy atom. The third kappa shape index (κ3) is 3.65. The number of likely N-dealkylation sites (tertiary alicyclic amines) is 1. The minimum atomic E-state index is -0.0701. The number of carbonyl (C=O) groups is 2. The number of amides is 2. The van der Waals surface area contributed by atoms with Gasteiger partial charge in [-0.3, -0.25) is 9.59 Å². The number of rotatable bonds is 5. The van der Waals surface area contributed by atoms with Crippen molar-refractivity contribution in [3.05, 3.63) is 35.4 Å². The Morgan fingerprint density at radius 2 is 2.09 bits per heavy atom. The Morgan fingerprint density at radius 3 is 2.73 bits per heavy atom. The van der Waals surface area contributed by atoms with Gasteiger partial charge in [0.15, 0.2) is 0 Å². The van der Waals surface area contributed by atoms with Crippen molar-refractivity contribution in [2.75, 3.05) is 19.7 Å². The summed E-state index contributed by atoms with van der Waals surface area (Å²) >= 11 is 0. The van der Waals surface area contributed by atoms with Crippen LogP contribution in [0.25, 0.3) is 0 Å². The van der Waals surface area contributed by atoms with Gasteiger partial charge in [-0.05, 0) is 37.0 Å². The maximum Gasteiger partial charge on any atom is 0.251 e. The first kappa shape index (κ1) is 15.0. The van der Waals surface area contributed by atoms with Gasteiger partial charge in [0.1, 0.15) is 0 Å². The standard InChI is InChI=1S/C17H22N2O3/c20-16-4-1-9-19(16)12-13-5-7-14(8-6-13)17(21)18-11-15-3-2-10-22-15/h5-8,15H,1-4,9-12H2,(H,18,21)/t15-/m0/s1. The third-order valence-corrected chi connectivity index (χ3v) is 4.28. The molecule has 0 aliphatic carbocycles. The summed E-state index contributed by atoms with van der Waals surface area (Å²) in [6, 6.07) is 7.49. The van der Waals surface area contributed by atoms with E-state index in [4.69, 9.17) is 4.74 Å². The van der Waals surface area contributed by atoms with Crippen molar-refractivity contribution in [2.45, 2.75) is 38.3 Å². The molecule has 1 aromatic carbocycles. The highest BCUT2D eigenvalue weighted by Crippen LogP contribution is 2.15. The number of ether oxygens (including phenoxy) is 1. The van der Waals surface area contributed by atoms with E-state index >= 15 is 0 Å². The fraction of sp³-hybridized carbons (Fsp3) is 0.529. The van der Waals surface area contributed by atoms with Crippen LogP contribution in [0.15, 0.2) is 24.3 Å². The summed E-state index contributed by atoms with van der Waals surface area (Å²) in [7, 11) is 0. The summed E-state index contributed by atoms with van der Waals surface area (Å²) < 4.78 is 5.49. The van der Waals surface area contributed by atoms with E-state index in [1.54, 1.807) is 0 Å². The molecular weight excluding hydrogens is 280 g/mol. The highest BCUT2D eigenvalue weighted by molar-refractivity contribution is 5.94. The summed E-state index contributed by atoms with van der Waals surface area (Å²) in [4.78, 5) is 25.6. The Bertz CT molecular complexity index is 535. The molecule has 0 radical (unpaired) electrons. The summed E-state index contributed by atoms with van der Waals surface area (Å²) in [6.07, 6.45) is 3.85. The number of nitrogens with one attached hydrogen (secondary N) is 1. The SMILES string of the molecule is O=C(NC[C@@H]1CCCO1)c1ccc(CN2CCCC2=O)cc1. The molecule has 22 heavy (non-hydrogen) atoms. The molecule has 0 unspecified atom stereocenters. The molecular formula is C17H22N2O3. The van der Waals surface area contributed by atoms with E-state index in [2.05, 4.69) is 5.32 Å². The zero-order valence-electron chi connectivity index (χ0n) is 12.7. The number of benzene rings is 1. The lowest BCUT2D eigenvalue weighted by Gasteiger charge is -2.15. The summed E-state index contributed by atoms with van der Waals surface area (Å²) in [5.41, 5.74) is 1.71. The molecule has 0 spiro atoms. The van der Waals surface area contributed by atoms with E-state index in [-0.39, 0.29) is 17.9 Å². The van der Waals surface area contributed by atoms with E-state index in [1.165, 1.54) is 0 Å². The van der Waals surface area contributed by atoms with Crippen LogP contribution >= 0.6 is 0 Å². The van der Waals surface area contributed by atoms with Gasteiger partial charge < -0.3 is 15.0 Å². The molecule has 2 amide bonds. The van der Waals surface area contributed by atoms with Gasteiger partial charge in [-0.25, -0.2) is 0 Å². The fourth-order valence-electron chi connectivity index (χ4n) is 2.97. The number of hydrogen-bond donors (Lipinski definition) is 1. The Labute approximate surface area is 130 Å². The lowest BCUT2D eigenvalue weighted by atomic mass is 10.1. The van der Waals surface area contributed by atoms with E-state index in [0.29, 0.717) is 25.1 Å². The molecule has 1 atom stereocenters. The van der Waals surface area contributed by atoms with Gasteiger partial charge in [0.25, 0.3) is 5.91 Å². The summed E-state index contributed by atoms with van der Waals surface area (Å²) in [5, 5.41) is 2.91. The topological polar surface area (TPSA) is 58.6 Å². The van der Waals surface area contributed by atoms with Gasteiger partial charge in [0.05, 0.1) is 6.10 Å². The first-order valence-electron chi connectivity index (χ1n) is 7.99. The Hall–Kier alpha value is -1.88. The van der Waals surface area contributed by atoms with Gasteiger partial charge in [0, 0.05) is 38.2 Å². The lowest BCUT2D eigenvalue weighted by Crippen LogP contribution is -2.31. The van der Waals surface area contributed by atoms with Crippen LogP contribution in [0.3, 0.4) is 0 Å². The predicted octanol–water partition coefficient (Wildman–Crippen LogP) is 1.72. The Kier molecular flexibility index (Phi) is 4.73. The molecule has 1 N–H and O–H groups in total. The van der Waals surface area contributed by atoms with Crippen molar-refractivity contribution in [3.63, 3.8) is 0 Å². The van der Waals surface area contributed by atoms with Crippen LogP contribution in [0.1, 0.15) is 41.6 Å². The molecule has 5 nitrogen and oxygen atoms in total. The highest BCUT2D eigenvalue weighted by atomic mass is 16.5. The molecule has 2 fully saturated rings. The van der Waals surface area contributed by atoms with E-state index in [1.807, 2.05) is 29.2 Å². The van der Waals surface area contributed by atoms with Crippen LogP contribution in [0, 0.1) is 0 Å². The summed E-state index contributed by atoms with van der Waals surface area (Å²) in [6.45, 7) is 2.84. The normalized spacial score (nSPS) is 21.4. The fourth-order valence-corrected chi connectivity index (χ4v) is 2.97. The number of carbonyl (C=O) groups excluding carboxylic acids is 2. The lowest BCUT2D eigenvalue weighted by molar-refractivity contribution is -0.128. The van der Waals surface area contributed by atoms with Crippen LogP contribution in [-0.2, 0) is 16.1 Å². The monoisotopic (exact) mass is 302 g/mol. The summed E-state index contributed by atoms with van der Waals surface area (Å²) in [5.74, 6) is 0.151. The predicted molar refractivity (Wildman–Crippen MR) is 82.4 cm³/mol. The molecule has 0 bridgehead atoms. The van der Waals surface area contributed by atoms with Crippen molar-refractivity contribution in [1.29, 1.82) is 0 Å². The zero-order valence-corrected chi connectivity index (χ0v) is 12.7. The molecule has 2 aliphatic heterocycles. The molecule has 2 saturated heterocycles.